The van der Waals surface area contributed by atoms with Crippen LogP contribution in [0.25, 0.3) is 28.1 Å². The molecule has 0 aliphatic heterocycles. The van der Waals surface area contributed by atoms with Crippen molar-refractivity contribution in [1.29, 1.82) is 0 Å². The molecule has 0 atom stereocenters. The molecule has 3 aromatic heterocycles. The molecule has 0 saturated carbocycles. The topological polar surface area (TPSA) is 60.9 Å². The molecule has 0 aliphatic rings. The van der Waals surface area contributed by atoms with Gasteiger partial charge < -0.3 is 0 Å². The first-order chi connectivity index (χ1) is 10.1. The maximum atomic E-state index is 6.21. The third kappa shape index (κ3) is 1.87. The van der Waals surface area contributed by atoms with Crippen molar-refractivity contribution in [3.8, 4) is 11.4 Å². The summed E-state index contributed by atoms with van der Waals surface area (Å²) < 4.78 is 3.31. The third-order valence-corrected chi connectivity index (χ3v) is 3.79. The summed E-state index contributed by atoms with van der Waals surface area (Å²) in [5.74, 6) is 0.523. The normalized spacial score (nSPS) is 11.6. The molecule has 0 amide bonds. The van der Waals surface area contributed by atoms with Crippen molar-refractivity contribution in [3.05, 3.63) is 40.8 Å². The summed E-state index contributed by atoms with van der Waals surface area (Å²) in [6, 6.07) is 5.22. The predicted molar refractivity (Wildman–Crippen MR) is 80.5 cm³/mol. The lowest BCUT2D eigenvalue weighted by molar-refractivity contribution is 0.783. The van der Waals surface area contributed by atoms with Crippen LogP contribution in [0.5, 0.6) is 0 Å². The van der Waals surface area contributed by atoms with Crippen molar-refractivity contribution in [3.63, 3.8) is 0 Å². The molecule has 0 aliphatic carbocycles. The fraction of sp³-hybridized carbons (Fsp3) is 0.0769. The standard InChI is InChI=1S/C13H8Cl2N6/c1-20-12-9(5-17-20)13-18-11(19-21(13)6-16-12)8-3-2-7(14)4-10(8)15/h2-6H,1H3. The van der Waals surface area contributed by atoms with E-state index in [-0.39, 0.29) is 0 Å². The second kappa shape index (κ2) is 4.41. The largest absolute Gasteiger partial charge is 0.250 e. The van der Waals surface area contributed by atoms with Gasteiger partial charge in [0.15, 0.2) is 17.1 Å². The molecule has 3 heterocycles. The summed E-state index contributed by atoms with van der Waals surface area (Å²) in [5, 5.41) is 10.5. The Kier molecular flexibility index (Phi) is 2.63. The van der Waals surface area contributed by atoms with Crippen molar-refractivity contribution in [2.45, 2.75) is 0 Å². The number of hydrogen-bond acceptors (Lipinski definition) is 4. The molecule has 4 aromatic rings. The number of aryl methyl sites for hydroxylation is 1. The fourth-order valence-electron chi connectivity index (χ4n) is 2.22. The minimum absolute atomic E-state index is 0.508. The van der Waals surface area contributed by atoms with Gasteiger partial charge in [-0.3, -0.25) is 4.68 Å². The Morgan fingerprint density at radius 2 is 2.00 bits per heavy atom. The lowest BCUT2D eigenvalue weighted by Crippen LogP contribution is -1.94. The molecule has 0 fully saturated rings. The molecule has 8 heteroatoms. The SMILES string of the molecule is Cn1ncc2c1ncn1nc(-c3ccc(Cl)cc3Cl)nc21. The number of aromatic nitrogens is 6. The summed E-state index contributed by atoms with van der Waals surface area (Å²) in [7, 11) is 1.83. The van der Waals surface area contributed by atoms with Gasteiger partial charge in [0.05, 0.1) is 16.6 Å². The van der Waals surface area contributed by atoms with Crippen LogP contribution < -0.4 is 0 Å². The predicted octanol–water partition coefficient (Wildman–Crippen LogP) is 2.98. The van der Waals surface area contributed by atoms with E-state index >= 15 is 0 Å². The van der Waals surface area contributed by atoms with E-state index in [1.807, 2.05) is 7.05 Å². The Morgan fingerprint density at radius 3 is 2.81 bits per heavy atom. The molecule has 0 unspecified atom stereocenters. The molecule has 0 saturated heterocycles. The lowest BCUT2D eigenvalue weighted by Gasteiger charge is -1.98. The molecule has 0 radical (unpaired) electrons. The van der Waals surface area contributed by atoms with Crippen LogP contribution in [-0.2, 0) is 7.05 Å². The quantitative estimate of drug-likeness (QED) is 0.541. The molecule has 0 spiro atoms. The summed E-state index contributed by atoms with van der Waals surface area (Å²) in [5.41, 5.74) is 2.17. The maximum absolute atomic E-state index is 6.21. The Hall–Kier alpha value is -2.18. The molecule has 6 nitrogen and oxygen atoms in total. The van der Waals surface area contributed by atoms with Crippen molar-refractivity contribution in [1.82, 2.24) is 29.4 Å². The van der Waals surface area contributed by atoms with Crippen LogP contribution in [-0.4, -0.2) is 29.4 Å². The summed E-state index contributed by atoms with van der Waals surface area (Å²) in [6.07, 6.45) is 3.33. The zero-order valence-corrected chi connectivity index (χ0v) is 12.3. The molecular formula is C13H8Cl2N6. The van der Waals surface area contributed by atoms with Gasteiger partial charge in [0, 0.05) is 17.6 Å². The summed E-state index contributed by atoms with van der Waals surface area (Å²) >= 11 is 12.1. The summed E-state index contributed by atoms with van der Waals surface area (Å²) in [6.45, 7) is 0. The van der Waals surface area contributed by atoms with E-state index in [9.17, 15) is 0 Å². The van der Waals surface area contributed by atoms with Gasteiger partial charge in [-0.05, 0) is 18.2 Å². The molecule has 1 aromatic carbocycles. The monoisotopic (exact) mass is 318 g/mol. The van der Waals surface area contributed by atoms with E-state index in [0.29, 0.717) is 21.5 Å². The maximum Gasteiger partial charge on any atom is 0.183 e. The Bertz CT molecular complexity index is 987. The van der Waals surface area contributed by atoms with Crippen LogP contribution in [0.1, 0.15) is 0 Å². The van der Waals surface area contributed by atoms with Crippen LogP contribution in [0.3, 0.4) is 0 Å². The van der Waals surface area contributed by atoms with E-state index < -0.39 is 0 Å². The van der Waals surface area contributed by atoms with Gasteiger partial charge in [-0.1, -0.05) is 23.2 Å². The van der Waals surface area contributed by atoms with Crippen molar-refractivity contribution < 1.29 is 0 Å². The first kappa shape index (κ1) is 12.6. The summed E-state index contributed by atoms with van der Waals surface area (Å²) in [4.78, 5) is 8.87. The first-order valence-electron chi connectivity index (χ1n) is 6.12. The van der Waals surface area contributed by atoms with E-state index in [2.05, 4.69) is 20.2 Å². The Morgan fingerprint density at radius 1 is 1.14 bits per heavy atom. The van der Waals surface area contributed by atoms with Crippen LogP contribution in [0.2, 0.25) is 10.0 Å². The van der Waals surface area contributed by atoms with Crippen LogP contribution in [0.4, 0.5) is 0 Å². The van der Waals surface area contributed by atoms with E-state index in [1.165, 1.54) is 0 Å². The van der Waals surface area contributed by atoms with Gasteiger partial charge in [0.2, 0.25) is 0 Å². The highest BCUT2D eigenvalue weighted by atomic mass is 35.5. The van der Waals surface area contributed by atoms with Gasteiger partial charge in [-0.25, -0.2) is 14.5 Å². The number of benzene rings is 1. The zero-order valence-electron chi connectivity index (χ0n) is 10.8. The Labute approximate surface area is 128 Å². The van der Waals surface area contributed by atoms with Crippen molar-refractivity contribution in [2.24, 2.45) is 7.05 Å². The second-order valence-electron chi connectivity index (χ2n) is 4.58. The first-order valence-corrected chi connectivity index (χ1v) is 6.87. The van der Waals surface area contributed by atoms with Gasteiger partial charge in [0.1, 0.15) is 6.33 Å². The molecule has 4 rings (SSSR count). The molecule has 0 N–H and O–H groups in total. The van der Waals surface area contributed by atoms with Gasteiger partial charge in [0.25, 0.3) is 0 Å². The van der Waals surface area contributed by atoms with E-state index in [4.69, 9.17) is 23.2 Å². The minimum Gasteiger partial charge on any atom is -0.250 e. The van der Waals surface area contributed by atoms with Gasteiger partial charge in [-0.2, -0.15) is 5.10 Å². The molecular weight excluding hydrogens is 311 g/mol. The average Bonchev–Trinajstić information content (AvgIpc) is 3.02. The number of nitrogens with zero attached hydrogens (tertiary/aromatic N) is 6. The van der Waals surface area contributed by atoms with Crippen LogP contribution in [0.15, 0.2) is 30.7 Å². The van der Waals surface area contributed by atoms with Gasteiger partial charge >= 0.3 is 0 Å². The van der Waals surface area contributed by atoms with E-state index in [0.717, 1.165) is 16.6 Å². The van der Waals surface area contributed by atoms with E-state index in [1.54, 1.807) is 39.9 Å². The van der Waals surface area contributed by atoms with Crippen LogP contribution in [0, 0.1) is 0 Å². The second-order valence-corrected chi connectivity index (χ2v) is 5.42. The Balaban J connectivity index is 2.00. The minimum atomic E-state index is 0.508. The highest BCUT2D eigenvalue weighted by Crippen LogP contribution is 2.29. The smallest absolute Gasteiger partial charge is 0.183 e. The molecule has 104 valence electrons. The third-order valence-electron chi connectivity index (χ3n) is 3.24. The molecule has 21 heavy (non-hydrogen) atoms. The number of hydrogen-bond donors (Lipinski definition) is 0. The number of fused-ring (bicyclic) bond motifs is 3. The highest BCUT2D eigenvalue weighted by molar-refractivity contribution is 6.36. The average molecular weight is 319 g/mol. The van der Waals surface area contributed by atoms with Crippen molar-refractivity contribution >= 4 is 39.9 Å². The van der Waals surface area contributed by atoms with Gasteiger partial charge in [-0.15, -0.1) is 5.10 Å². The number of halogens is 2. The van der Waals surface area contributed by atoms with Crippen LogP contribution >= 0.6 is 23.2 Å². The molecule has 0 bridgehead atoms. The lowest BCUT2D eigenvalue weighted by atomic mass is 10.2. The fourth-order valence-corrected chi connectivity index (χ4v) is 2.72. The zero-order chi connectivity index (χ0) is 14.6. The highest BCUT2D eigenvalue weighted by Gasteiger charge is 2.14. The van der Waals surface area contributed by atoms with Crippen molar-refractivity contribution in [2.75, 3.05) is 0 Å². The number of rotatable bonds is 1.